The molecule has 0 saturated heterocycles. The number of aryl methyl sites for hydroxylation is 1. The number of halogens is 1. The standard InChI is InChI=1S/C12H14FN3S/c1-8(14)10-7-9(13)3-4-11(10)17-12-15-5-6-16(12)2/h3-8H,14H2,1-2H3/t8-/m0/s1. The van der Waals surface area contributed by atoms with Gasteiger partial charge in [0, 0.05) is 30.4 Å². The van der Waals surface area contributed by atoms with E-state index in [1.807, 2.05) is 24.7 Å². The number of benzene rings is 1. The largest absolute Gasteiger partial charge is 0.329 e. The molecule has 0 bridgehead atoms. The Bertz CT molecular complexity index is 522. The van der Waals surface area contributed by atoms with Crippen LogP contribution in [0.15, 0.2) is 40.6 Å². The van der Waals surface area contributed by atoms with Crippen LogP contribution in [-0.2, 0) is 7.05 Å². The van der Waals surface area contributed by atoms with E-state index in [0.29, 0.717) is 0 Å². The van der Waals surface area contributed by atoms with Gasteiger partial charge in [-0.15, -0.1) is 0 Å². The minimum atomic E-state index is -0.263. The van der Waals surface area contributed by atoms with Crippen molar-refractivity contribution in [2.24, 2.45) is 12.8 Å². The highest BCUT2D eigenvalue weighted by Crippen LogP contribution is 2.31. The van der Waals surface area contributed by atoms with E-state index in [0.717, 1.165) is 15.6 Å². The molecule has 0 aliphatic rings. The lowest BCUT2D eigenvalue weighted by molar-refractivity contribution is 0.619. The van der Waals surface area contributed by atoms with E-state index < -0.39 is 0 Å². The molecule has 0 radical (unpaired) electrons. The quantitative estimate of drug-likeness (QED) is 0.912. The van der Waals surface area contributed by atoms with Gasteiger partial charge in [-0.2, -0.15) is 0 Å². The van der Waals surface area contributed by atoms with Crippen LogP contribution >= 0.6 is 11.8 Å². The third-order valence-electron chi connectivity index (χ3n) is 2.44. The molecule has 1 aromatic heterocycles. The van der Waals surface area contributed by atoms with Crippen LogP contribution in [0.4, 0.5) is 4.39 Å². The Kier molecular flexibility index (Phi) is 3.49. The summed E-state index contributed by atoms with van der Waals surface area (Å²) in [5, 5.41) is 0.860. The summed E-state index contributed by atoms with van der Waals surface area (Å²) in [5.74, 6) is -0.263. The van der Waals surface area contributed by atoms with Crippen LogP contribution in [0.2, 0.25) is 0 Å². The molecule has 2 aromatic rings. The molecular weight excluding hydrogens is 237 g/mol. The fraction of sp³-hybridized carbons (Fsp3) is 0.250. The van der Waals surface area contributed by atoms with Crippen LogP contribution in [0.1, 0.15) is 18.5 Å². The van der Waals surface area contributed by atoms with Crippen molar-refractivity contribution in [1.29, 1.82) is 0 Å². The zero-order valence-electron chi connectivity index (χ0n) is 9.72. The van der Waals surface area contributed by atoms with Crippen LogP contribution in [0.25, 0.3) is 0 Å². The van der Waals surface area contributed by atoms with Gasteiger partial charge >= 0.3 is 0 Å². The van der Waals surface area contributed by atoms with Crippen LogP contribution in [0.5, 0.6) is 0 Å². The van der Waals surface area contributed by atoms with Crippen molar-refractivity contribution in [2.75, 3.05) is 0 Å². The van der Waals surface area contributed by atoms with E-state index in [4.69, 9.17) is 5.73 Å². The Balaban J connectivity index is 2.36. The van der Waals surface area contributed by atoms with Gasteiger partial charge in [-0.05, 0) is 30.7 Å². The first-order chi connectivity index (χ1) is 8.08. The van der Waals surface area contributed by atoms with Gasteiger partial charge in [0.15, 0.2) is 5.16 Å². The highest BCUT2D eigenvalue weighted by molar-refractivity contribution is 7.99. The molecule has 0 unspecified atom stereocenters. The maximum absolute atomic E-state index is 13.2. The lowest BCUT2D eigenvalue weighted by Gasteiger charge is -2.12. The molecule has 3 nitrogen and oxygen atoms in total. The topological polar surface area (TPSA) is 43.8 Å². The second kappa shape index (κ2) is 4.89. The maximum Gasteiger partial charge on any atom is 0.172 e. The van der Waals surface area contributed by atoms with Crippen molar-refractivity contribution in [3.8, 4) is 0 Å². The van der Waals surface area contributed by atoms with Gasteiger partial charge in [0.1, 0.15) is 5.82 Å². The minimum absolute atomic E-state index is 0.200. The SMILES string of the molecule is C[C@H](N)c1cc(F)ccc1Sc1nccn1C. The van der Waals surface area contributed by atoms with Crippen molar-refractivity contribution < 1.29 is 4.39 Å². The molecule has 2 rings (SSSR count). The summed E-state index contributed by atoms with van der Waals surface area (Å²) < 4.78 is 15.1. The monoisotopic (exact) mass is 251 g/mol. The number of aromatic nitrogens is 2. The normalized spacial score (nSPS) is 12.7. The van der Waals surface area contributed by atoms with E-state index in [9.17, 15) is 4.39 Å². The Morgan fingerprint density at radius 3 is 2.82 bits per heavy atom. The van der Waals surface area contributed by atoms with Gasteiger partial charge < -0.3 is 10.3 Å². The highest BCUT2D eigenvalue weighted by atomic mass is 32.2. The first-order valence-electron chi connectivity index (χ1n) is 5.28. The van der Waals surface area contributed by atoms with Gasteiger partial charge in [-0.25, -0.2) is 9.37 Å². The summed E-state index contributed by atoms with van der Waals surface area (Å²) in [7, 11) is 1.92. The van der Waals surface area contributed by atoms with Gasteiger partial charge in [0.2, 0.25) is 0 Å². The lowest BCUT2D eigenvalue weighted by atomic mass is 10.1. The molecule has 0 amide bonds. The molecule has 0 aliphatic carbocycles. The number of hydrogen-bond donors (Lipinski definition) is 1. The molecule has 0 saturated carbocycles. The zero-order valence-corrected chi connectivity index (χ0v) is 10.5. The fourth-order valence-electron chi connectivity index (χ4n) is 1.52. The van der Waals surface area contributed by atoms with Gasteiger partial charge in [-0.1, -0.05) is 11.8 Å². The summed E-state index contributed by atoms with van der Waals surface area (Å²) in [6, 6.07) is 4.47. The molecule has 0 spiro atoms. The average molecular weight is 251 g/mol. The zero-order chi connectivity index (χ0) is 12.4. The van der Waals surface area contributed by atoms with Crippen molar-refractivity contribution >= 4 is 11.8 Å². The molecule has 1 atom stereocenters. The maximum atomic E-state index is 13.2. The predicted octanol–water partition coefficient (Wildman–Crippen LogP) is 2.73. The Hall–Kier alpha value is -1.33. The van der Waals surface area contributed by atoms with Crippen LogP contribution in [-0.4, -0.2) is 9.55 Å². The smallest absolute Gasteiger partial charge is 0.172 e. The Morgan fingerprint density at radius 2 is 2.24 bits per heavy atom. The van der Waals surface area contributed by atoms with E-state index in [-0.39, 0.29) is 11.9 Å². The molecule has 17 heavy (non-hydrogen) atoms. The van der Waals surface area contributed by atoms with Crippen LogP contribution in [0.3, 0.4) is 0 Å². The van der Waals surface area contributed by atoms with E-state index in [1.54, 1.807) is 12.3 Å². The summed E-state index contributed by atoms with van der Waals surface area (Å²) >= 11 is 1.49. The van der Waals surface area contributed by atoms with Crippen molar-refractivity contribution in [2.45, 2.75) is 23.0 Å². The number of hydrogen-bond acceptors (Lipinski definition) is 3. The molecule has 90 valence electrons. The van der Waals surface area contributed by atoms with Gasteiger partial charge in [0.05, 0.1) is 0 Å². The van der Waals surface area contributed by atoms with Gasteiger partial charge in [0.25, 0.3) is 0 Å². The molecule has 1 aromatic carbocycles. The van der Waals surface area contributed by atoms with Crippen molar-refractivity contribution in [3.05, 3.63) is 42.0 Å². The van der Waals surface area contributed by atoms with Crippen molar-refractivity contribution in [1.82, 2.24) is 9.55 Å². The lowest BCUT2D eigenvalue weighted by Crippen LogP contribution is -2.07. The highest BCUT2D eigenvalue weighted by Gasteiger charge is 2.11. The van der Waals surface area contributed by atoms with Crippen LogP contribution in [0, 0.1) is 5.82 Å². The second-order valence-electron chi connectivity index (χ2n) is 3.89. The fourth-order valence-corrected chi connectivity index (χ4v) is 2.53. The third kappa shape index (κ3) is 2.68. The number of nitrogens with zero attached hydrogens (tertiary/aromatic N) is 2. The first kappa shape index (κ1) is 12.1. The van der Waals surface area contributed by atoms with Crippen molar-refractivity contribution in [3.63, 3.8) is 0 Å². The Labute approximate surface area is 104 Å². The Morgan fingerprint density at radius 1 is 1.47 bits per heavy atom. The summed E-state index contributed by atoms with van der Waals surface area (Å²) in [6.45, 7) is 1.84. The first-order valence-corrected chi connectivity index (χ1v) is 6.10. The number of imidazole rings is 1. The average Bonchev–Trinajstić information content (AvgIpc) is 2.67. The minimum Gasteiger partial charge on any atom is -0.329 e. The second-order valence-corrected chi connectivity index (χ2v) is 4.90. The van der Waals surface area contributed by atoms with E-state index in [1.165, 1.54) is 23.9 Å². The summed E-state index contributed by atoms with van der Waals surface area (Å²) in [6.07, 6.45) is 3.61. The summed E-state index contributed by atoms with van der Waals surface area (Å²) in [4.78, 5) is 5.17. The van der Waals surface area contributed by atoms with E-state index in [2.05, 4.69) is 4.98 Å². The summed E-state index contributed by atoms with van der Waals surface area (Å²) in [5.41, 5.74) is 6.65. The molecule has 0 aliphatic heterocycles. The predicted molar refractivity (Wildman–Crippen MR) is 66.3 cm³/mol. The van der Waals surface area contributed by atoms with Gasteiger partial charge in [-0.3, -0.25) is 0 Å². The van der Waals surface area contributed by atoms with E-state index >= 15 is 0 Å². The number of rotatable bonds is 3. The molecule has 1 heterocycles. The molecule has 0 fully saturated rings. The third-order valence-corrected chi connectivity index (χ3v) is 3.61. The molecule has 2 N–H and O–H groups in total. The number of nitrogens with two attached hydrogens (primary N) is 1. The molecule has 5 heteroatoms. The molecular formula is C12H14FN3S. The van der Waals surface area contributed by atoms with Crippen LogP contribution < -0.4 is 5.73 Å².